The maximum Gasteiger partial charge on any atom is 0.231 e. The lowest BCUT2D eigenvalue weighted by molar-refractivity contribution is -0.122. The van der Waals surface area contributed by atoms with E-state index in [1.54, 1.807) is 11.0 Å². The van der Waals surface area contributed by atoms with Gasteiger partial charge in [0.25, 0.3) is 0 Å². The highest BCUT2D eigenvalue weighted by Gasteiger charge is 2.29. The molecule has 1 aliphatic rings. The second-order valence-corrected chi connectivity index (χ2v) is 7.72. The third-order valence-electron chi connectivity index (χ3n) is 4.55. The van der Waals surface area contributed by atoms with Gasteiger partial charge in [0.2, 0.25) is 5.91 Å². The van der Waals surface area contributed by atoms with Crippen molar-refractivity contribution in [3.63, 3.8) is 0 Å². The van der Waals surface area contributed by atoms with E-state index >= 15 is 0 Å². The van der Waals surface area contributed by atoms with Crippen LogP contribution in [0.2, 0.25) is 0 Å². The minimum atomic E-state index is -0.323. The van der Waals surface area contributed by atoms with Crippen molar-refractivity contribution in [3.8, 4) is 0 Å². The van der Waals surface area contributed by atoms with Gasteiger partial charge in [-0.3, -0.25) is 9.69 Å². The second-order valence-electron chi connectivity index (χ2n) is 6.71. The van der Waals surface area contributed by atoms with Gasteiger partial charge in [-0.2, -0.15) is 0 Å². The van der Waals surface area contributed by atoms with Gasteiger partial charge < -0.3 is 4.90 Å². The molecular weight excluding hydrogens is 325 g/mol. The van der Waals surface area contributed by atoms with Gasteiger partial charge in [0.05, 0.1) is 4.70 Å². The molecule has 4 nitrogen and oxygen atoms in total. The molecule has 0 unspecified atom stereocenters. The Morgan fingerprint density at radius 1 is 1.29 bits per heavy atom. The number of benzene rings is 1. The van der Waals surface area contributed by atoms with Gasteiger partial charge in [0.15, 0.2) is 5.13 Å². The number of hydrogen-bond donors (Lipinski definition) is 0. The van der Waals surface area contributed by atoms with Crippen LogP contribution in [0.4, 0.5) is 9.52 Å². The second kappa shape index (κ2) is 7.57. The van der Waals surface area contributed by atoms with Crippen molar-refractivity contribution in [3.05, 3.63) is 24.0 Å². The molecule has 1 aliphatic carbocycles. The summed E-state index contributed by atoms with van der Waals surface area (Å²) < 4.78 is 14.8. The zero-order chi connectivity index (χ0) is 17.1. The van der Waals surface area contributed by atoms with E-state index in [1.165, 1.54) is 17.4 Å². The van der Waals surface area contributed by atoms with E-state index in [4.69, 9.17) is 0 Å². The van der Waals surface area contributed by atoms with Crippen LogP contribution in [0.25, 0.3) is 10.2 Å². The van der Waals surface area contributed by atoms with E-state index < -0.39 is 0 Å². The molecule has 0 N–H and O–H groups in total. The van der Waals surface area contributed by atoms with Crippen LogP contribution in [0.1, 0.15) is 32.1 Å². The number of para-hydroxylation sites is 1. The fraction of sp³-hybridized carbons (Fsp3) is 0.556. The lowest BCUT2D eigenvalue weighted by Crippen LogP contribution is -2.37. The molecule has 0 atom stereocenters. The van der Waals surface area contributed by atoms with Crippen molar-refractivity contribution in [2.24, 2.45) is 5.92 Å². The maximum atomic E-state index is 14.0. The average molecular weight is 349 g/mol. The normalized spacial score (nSPS) is 15.5. The van der Waals surface area contributed by atoms with Crippen LogP contribution >= 0.6 is 11.3 Å². The van der Waals surface area contributed by atoms with Crippen LogP contribution in [-0.2, 0) is 4.79 Å². The predicted octanol–water partition coefficient (Wildman–Crippen LogP) is 3.91. The number of nitrogens with zero attached hydrogens (tertiary/aromatic N) is 3. The van der Waals surface area contributed by atoms with E-state index in [2.05, 4.69) is 9.88 Å². The Labute approximate surface area is 146 Å². The van der Waals surface area contributed by atoms with Crippen LogP contribution in [-0.4, -0.2) is 43.0 Å². The van der Waals surface area contributed by atoms with Crippen molar-refractivity contribution in [2.75, 3.05) is 32.1 Å². The lowest BCUT2D eigenvalue weighted by atomic mass is 10.1. The number of hydrogen-bond acceptors (Lipinski definition) is 4. The maximum absolute atomic E-state index is 14.0. The number of amides is 1. The fourth-order valence-electron chi connectivity index (χ4n) is 3.26. The highest BCUT2D eigenvalue weighted by Crippen LogP contribution is 2.33. The average Bonchev–Trinajstić information content (AvgIpc) is 3.20. The molecule has 0 bridgehead atoms. The summed E-state index contributed by atoms with van der Waals surface area (Å²) >= 11 is 1.41. The Balaban J connectivity index is 1.86. The molecular formula is C18H24FN3OS. The molecule has 1 saturated carbocycles. The van der Waals surface area contributed by atoms with Gasteiger partial charge in [0.1, 0.15) is 11.3 Å². The molecule has 6 heteroatoms. The molecule has 1 fully saturated rings. The number of thiazole rings is 1. The summed E-state index contributed by atoms with van der Waals surface area (Å²) in [6.07, 6.45) is 5.04. The predicted molar refractivity (Wildman–Crippen MR) is 97.1 cm³/mol. The first-order chi connectivity index (χ1) is 11.6. The van der Waals surface area contributed by atoms with E-state index in [0.29, 0.717) is 17.2 Å². The number of halogens is 1. The van der Waals surface area contributed by atoms with E-state index in [1.807, 2.05) is 20.2 Å². The minimum absolute atomic E-state index is 0.0983. The van der Waals surface area contributed by atoms with Crippen LogP contribution in [0.15, 0.2) is 18.2 Å². The van der Waals surface area contributed by atoms with Gasteiger partial charge >= 0.3 is 0 Å². The fourth-order valence-corrected chi connectivity index (χ4v) is 4.27. The van der Waals surface area contributed by atoms with Gasteiger partial charge in [-0.1, -0.05) is 30.2 Å². The van der Waals surface area contributed by atoms with Gasteiger partial charge in [0, 0.05) is 12.5 Å². The van der Waals surface area contributed by atoms with Gasteiger partial charge in [-0.15, -0.1) is 0 Å². The number of carbonyl (C=O) groups excluding carboxylic acids is 1. The van der Waals surface area contributed by atoms with Crippen LogP contribution in [0.5, 0.6) is 0 Å². The first kappa shape index (κ1) is 17.3. The van der Waals surface area contributed by atoms with Crippen LogP contribution in [0, 0.1) is 11.7 Å². The molecule has 24 heavy (non-hydrogen) atoms. The standard InChI is InChI=1S/C18H24FN3OS/c1-21(2)11-6-12-22(17(23)13-7-3-4-8-13)18-20-16-14(19)9-5-10-15(16)24-18/h5,9-10,13H,3-4,6-8,11-12H2,1-2H3. The summed E-state index contributed by atoms with van der Waals surface area (Å²) in [6, 6.07) is 4.97. The molecule has 1 aromatic carbocycles. The molecule has 1 heterocycles. The van der Waals surface area contributed by atoms with Crippen molar-refractivity contribution in [1.29, 1.82) is 0 Å². The molecule has 130 valence electrons. The molecule has 1 amide bonds. The third-order valence-corrected chi connectivity index (χ3v) is 5.59. The van der Waals surface area contributed by atoms with Crippen molar-refractivity contribution < 1.29 is 9.18 Å². The molecule has 0 saturated heterocycles. The summed E-state index contributed by atoms with van der Waals surface area (Å²) in [4.78, 5) is 21.3. The summed E-state index contributed by atoms with van der Waals surface area (Å²) in [7, 11) is 4.05. The Bertz CT molecular complexity index is 709. The quantitative estimate of drug-likeness (QED) is 0.793. The zero-order valence-electron chi connectivity index (χ0n) is 14.3. The SMILES string of the molecule is CN(C)CCCN(C(=O)C1CCCC1)c1nc2c(F)cccc2s1. The highest BCUT2D eigenvalue weighted by molar-refractivity contribution is 7.22. The summed E-state index contributed by atoms with van der Waals surface area (Å²) in [5.41, 5.74) is 0.370. The lowest BCUT2D eigenvalue weighted by Gasteiger charge is -2.23. The van der Waals surface area contributed by atoms with Crippen molar-refractivity contribution in [2.45, 2.75) is 32.1 Å². The minimum Gasteiger partial charge on any atom is -0.309 e. The number of anilines is 1. The van der Waals surface area contributed by atoms with Gasteiger partial charge in [-0.05, 0) is 52.0 Å². The molecule has 2 aromatic rings. The smallest absolute Gasteiger partial charge is 0.231 e. The molecule has 0 radical (unpaired) electrons. The Morgan fingerprint density at radius 3 is 2.71 bits per heavy atom. The van der Waals surface area contributed by atoms with Crippen LogP contribution < -0.4 is 4.90 Å². The Kier molecular flexibility index (Phi) is 5.46. The first-order valence-corrected chi connectivity index (χ1v) is 9.39. The first-order valence-electron chi connectivity index (χ1n) is 8.57. The van der Waals surface area contributed by atoms with Crippen LogP contribution in [0.3, 0.4) is 0 Å². The van der Waals surface area contributed by atoms with Crippen molar-refractivity contribution >= 4 is 32.6 Å². The highest BCUT2D eigenvalue weighted by atomic mass is 32.1. The zero-order valence-corrected chi connectivity index (χ0v) is 15.1. The molecule has 0 spiro atoms. The largest absolute Gasteiger partial charge is 0.309 e. The molecule has 3 rings (SSSR count). The number of carbonyl (C=O) groups is 1. The monoisotopic (exact) mass is 349 g/mol. The number of fused-ring (bicyclic) bond motifs is 1. The third kappa shape index (κ3) is 3.75. The number of rotatable bonds is 6. The van der Waals surface area contributed by atoms with E-state index in [0.717, 1.165) is 43.3 Å². The number of aromatic nitrogens is 1. The Hall–Kier alpha value is -1.53. The molecule has 1 aromatic heterocycles. The summed E-state index contributed by atoms with van der Waals surface area (Å²) in [5, 5.41) is 0.630. The van der Waals surface area contributed by atoms with Crippen molar-refractivity contribution in [1.82, 2.24) is 9.88 Å². The summed E-state index contributed by atoms with van der Waals surface area (Å²) in [5.74, 6) is -0.0662. The Morgan fingerprint density at radius 2 is 2.04 bits per heavy atom. The summed E-state index contributed by atoms with van der Waals surface area (Å²) in [6.45, 7) is 1.54. The van der Waals surface area contributed by atoms with Gasteiger partial charge in [-0.25, -0.2) is 9.37 Å². The molecule has 0 aliphatic heterocycles. The van der Waals surface area contributed by atoms with E-state index in [9.17, 15) is 9.18 Å². The van der Waals surface area contributed by atoms with E-state index in [-0.39, 0.29) is 17.6 Å². The topological polar surface area (TPSA) is 36.4 Å².